The summed E-state index contributed by atoms with van der Waals surface area (Å²) in [6.07, 6.45) is 36.2. The lowest BCUT2D eigenvalue weighted by Gasteiger charge is -2.21. The zero-order valence-electron chi connectivity index (χ0n) is 50.5. The third-order valence-corrected chi connectivity index (χ3v) is 16.0. The van der Waals surface area contributed by atoms with Crippen molar-refractivity contribution < 1.29 is 80.2 Å². The Labute approximate surface area is 479 Å². The van der Waals surface area contributed by atoms with Gasteiger partial charge in [0.25, 0.3) is 0 Å². The van der Waals surface area contributed by atoms with Gasteiger partial charge in [0.1, 0.15) is 19.3 Å². The third-order valence-electron chi connectivity index (χ3n) is 14.1. The van der Waals surface area contributed by atoms with Gasteiger partial charge in [-0.05, 0) is 31.6 Å². The largest absolute Gasteiger partial charge is 0.472 e. The number of carbonyl (C=O) groups is 4. The molecule has 6 atom stereocenters. The molecule has 0 rings (SSSR count). The lowest BCUT2D eigenvalue weighted by atomic mass is 10.00. The Balaban J connectivity index is 5.23. The normalized spacial score (nSPS) is 14.7. The second-order valence-corrected chi connectivity index (χ2v) is 24.9. The first-order valence-corrected chi connectivity index (χ1v) is 34.7. The molecule has 79 heavy (non-hydrogen) atoms. The van der Waals surface area contributed by atoms with Crippen LogP contribution in [0.15, 0.2) is 0 Å². The SMILES string of the molecule is CCCCCCCCCCCCCC(=O)O[C@H](COC(=O)CCCCCCCCC(C)CC)COP(=O)(O)OC[C@@H](O)COP(=O)(O)OC[C@@H](COC(=O)CCCCCCCCCC)OC(=O)CCCCCCCCCCCC. The number of rotatable bonds is 60. The standard InChI is InChI=1S/C60H116O17P2/c1-6-10-13-16-19-22-24-26-29-36-41-46-60(65)77-56(50-71-58(63)44-39-34-31-30-32-37-42-53(5)9-4)52-75-79(68,69)73-48-54(61)47-72-78(66,67)74-51-55(49-70-57(62)43-38-33-27-21-18-15-12-8-3)76-59(64)45-40-35-28-25-23-20-17-14-11-7-2/h53-56,61H,6-52H2,1-5H3,(H,66,67)(H,68,69)/t53?,54-,55+,56+/m0/s1. The Morgan fingerprint density at radius 2 is 0.608 bits per heavy atom. The second kappa shape index (κ2) is 54.0. The van der Waals surface area contributed by atoms with Crippen molar-refractivity contribution in [2.45, 2.75) is 316 Å². The molecule has 0 fully saturated rings. The summed E-state index contributed by atoms with van der Waals surface area (Å²) in [6, 6.07) is 0. The van der Waals surface area contributed by atoms with E-state index in [4.69, 9.17) is 37.0 Å². The van der Waals surface area contributed by atoms with E-state index in [1.54, 1.807) is 0 Å². The molecule has 0 aromatic carbocycles. The molecule has 0 amide bonds. The lowest BCUT2D eigenvalue weighted by molar-refractivity contribution is -0.161. The first-order chi connectivity index (χ1) is 38.1. The Hall–Kier alpha value is -1.94. The minimum atomic E-state index is -4.94. The number of hydrogen-bond acceptors (Lipinski definition) is 15. The molecule has 0 aliphatic carbocycles. The van der Waals surface area contributed by atoms with Gasteiger partial charge in [-0.3, -0.25) is 37.3 Å². The van der Waals surface area contributed by atoms with Crippen LogP contribution in [0.1, 0.15) is 298 Å². The molecule has 3 unspecified atom stereocenters. The maximum Gasteiger partial charge on any atom is 0.472 e. The number of carbonyl (C=O) groups excluding carboxylic acids is 4. The van der Waals surface area contributed by atoms with Crippen LogP contribution < -0.4 is 0 Å². The van der Waals surface area contributed by atoms with Crippen LogP contribution in [-0.2, 0) is 65.4 Å². The van der Waals surface area contributed by atoms with E-state index >= 15 is 0 Å². The number of esters is 4. The number of unbranched alkanes of at least 4 members (excludes halogenated alkanes) is 31. The summed E-state index contributed by atoms with van der Waals surface area (Å²) < 4.78 is 67.7. The quantitative estimate of drug-likeness (QED) is 0.0222. The average molecular weight is 1170 g/mol. The van der Waals surface area contributed by atoms with Crippen molar-refractivity contribution in [3.63, 3.8) is 0 Å². The number of phosphoric ester groups is 2. The van der Waals surface area contributed by atoms with Crippen LogP contribution in [-0.4, -0.2) is 96.7 Å². The smallest absolute Gasteiger partial charge is 0.462 e. The van der Waals surface area contributed by atoms with Crippen LogP contribution in [0.25, 0.3) is 0 Å². The fraction of sp³-hybridized carbons (Fsp3) is 0.933. The fourth-order valence-corrected chi connectivity index (χ4v) is 10.4. The van der Waals surface area contributed by atoms with Gasteiger partial charge in [0.2, 0.25) is 0 Å². The zero-order valence-corrected chi connectivity index (χ0v) is 52.3. The summed E-state index contributed by atoms with van der Waals surface area (Å²) in [4.78, 5) is 71.9. The zero-order chi connectivity index (χ0) is 58.5. The summed E-state index contributed by atoms with van der Waals surface area (Å²) in [5.41, 5.74) is 0. The third kappa shape index (κ3) is 53.8. The molecule has 468 valence electrons. The van der Waals surface area contributed by atoms with E-state index in [1.165, 1.54) is 109 Å². The summed E-state index contributed by atoms with van der Waals surface area (Å²) in [5.74, 6) is -1.41. The van der Waals surface area contributed by atoms with Crippen molar-refractivity contribution in [1.29, 1.82) is 0 Å². The molecular formula is C60H116O17P2. The maximum atomic E-state index is 12.9. The minimum Gasteiger partial charge on any atom is -0.462 e. The molecule has 0 aliphatic rings. The van der Waals surface area contributed by atoms with Crippen LogP contribution in [0.5, 0.6) is 0 Å². The van der Waals surface area contributed by atoms with Crippen LogP contribution in [0.4, 0.5) is 0 Å². The van der Waals surface area contributed by atoms with Crippen LogP contribution in [0, 0.1) is 5.92 Å². The van der Waals surface area contributed by atoms with Crippen molar-refractivity contribution in [2.75, 3.05) is 39.6 Å². The molecule has 0 aliphatic heterocycles. The Kier molecular flexibility index (Phi) is 52.7. The van der Waals surface area contributed by atoms with Gasteiger partial charge >= 0.3 is 39.5 Å². The van der Waals surface area contributed by atoms with Gasteiger partial charge in [-0.25, -0.2) is 9.13 Å². The van der Waals surface area contributed by atoms with Crippen molar-refractivity contribution in [3.8, 4) is 0 Å². The first-order valence-electron chi connectivity index (χ1n) is 31.7. The highest BCUT2D eigenvalue weighted by molar-refractivity contribution is 7.47. The predicted octanol–water partition coefficient (Wildman–Crippen LogP) is 16.2. The molecule has 0 aromatic rings. The molecule has 0 bridgehead atoms. The second-order valence-electron chi connectivity index (χ2n) is 22.0. The summed E-state index contributed by atoms with van der Waals surface area (Å²) in [7, 11) is -9.87. The van der Waals surface area contributed by atoms with E-state index in [2.05, 4.69) is 34.6 Å². The first kappa shape index (κ1) is 77.1. The molecule has 0 spiro atoms. The highest BCUT2D eigenvalue weighted by atomic mass is 31.2. The number of hydrogen-bond donors (Lipinski definition) is 3. The van der Waals surface area contributed by atoms with Crippen molar-refractivity contribution in [3.05, 3.63) is 0 Å². The molecule has 0 radical (unpaired) electrons. The molecule has 0 saturated carbocycles. The van der Waals surface area contributed by atoms with Gasteiger partial charge in [0.15, 0.2) is 12.2 Å². The molecule has 17 nitrogen and oxygen atoms in total. The molecule has 0 aromatic heterocycles. The van der Waals surface area contributed by atoms with E-state index in [0.29, 0.717) is 25.7 Å². The summed E-state index contributed by atoms with van der Waals surface area (Å²) in [5, 5.41) is 10.5. The van der Waals surface area contributed by atoms with E-state index in [9.17, 15) is 43.2 Å². The number of phosphoric acid groups is 2. The molecular weight excluding hydrogens is 1050 g/mol. The van der Waals surface area contributed by atoms with E-state index < -0.39 is 97.5 Å². The molecule has 3 N–H and O–H groups in total. The maximum absolute atomic E-state index is 12.9. The van der Waals surface area contributed by atoms with Crippen LogP contribution in [0.3, 0.4) is 0 Å². The number of aliphatic hydroxyl groups excluding tert-OH is 1. The highest BCUT2D eigenvalue weighted by Crippen LogP contribution is 2.45. The van der Waals surface area contributed by atoms with Gasteiger partial charge in [0.05, 0.1) is 26.4 Å². The van der Waals surface area contributed by atoms with Gasteiger partial charge in [-0.2, -0.15) is 0 Å². The lowest BCUT2D eigenvalue weighted by Crippen LogP contribution is -2.30. The summed E-state index contributed by atoms with van der Waals surface area (Å²) in [6.45, 7) is 7.09. The Bertz CT molecular complexity index is 1550. The van der Waals surface area contributed by atoms with Gasteiger partial charge in [0, 0.05) is 25.7 Å². The van der Waals surface area contributed by atoms with Crippen molar-refractivity contribution in [2.24, 2.45) is 5.92 Å². The predicted molar refractivity (Wildman–Crippen MR) is 312 cm³/mol. The molecule has 0 heterocycles. The van der Waals surface area contributed by atoms with Gasteiger partial charge in [-0.15, -0.1) is 0 Å². The topological polar surface area (TPSA) is 237 Å². The number of ether oxygens (including phenoxy) is 4. The van der Waals surface area contributed by atoms with Crippen LogP contribution >= 0.6 is 15.6 Å². The highest BCUT2D eigenvalue weighted by Gasteiger charge is 2.30. The Morgan fingerprint density at radius 3 is 0.899 bits per heavy atom. The minimum absolute atomic E-state index is 0.106. The Morgan fingerprint density at radius 1 is 0.354 bits per heavy atom. The summed E-state index contributed by atoms with van der Waals surface area (Å²) >= 11 is 0. The van der Waals surface area contributed by atoms with Crippen molar-refractivity contribution in [1.82, 2.24) is 0 Å². The van der Waals surface area contributed by atoms with E-state index in [-0.39, 0.29) is 25.7 Å². The number of aliphatic hydroxyl groups is 1. The van der Waals surface area contributed by atoms with Gasteiger partial charge in [-0.1, -0.05) is 247 Å². The average Bonchev–Trinajstić information content (AvgIpc) is 3.42. The van der Waals surface area contributed by atoms with E-state index in [0.717, 1.165) is 109 Å². The van der Waals surface area contributed by atoms with Crippen LogP contribution in [0.2, 0.25) is 0 Å². The monoisotopic (exact) mass is 1170 g/mol. The molecule has 19 heteroatoms. The van der Waals surface area contributed by atoms with Crippen molar-refractivity contribution >= 4 is 39.5 Å². The van der Waals surface area contributed by atoms with E-state index in [1.807, 2.05) is 0 Å². The molecule has 0 saturated heterocycles. The fourth-order valence-electron chi connectivity index (χ4n) is 8.84. The van der Waals surface area contributed by atoms with Gasteiger partial charge < -0.3 is 33.8 Å².